The van der Waals surface area contributed by atoms with Crippen LogP contribution in [0, 0.1) is 23.7 Å². The van der Waals surface area contributed by atoms with Crippen molar-refractivity contribution in [3.05, 3.63) is 0 Å². The summed E-state index contributed by atoms with van der Waals surface area (Å²) < 4.78 is 0. The molecule has 0 fully saturated rings. The van der Waals surface area contributed by atoms with Gasteiger partial charge in [-0.2, -0.15) is 0 Å². The fraction of sp³-hybridized carbons (Fsp3) is 1.00. The molecule has 0 heteroatoms. The summed E-state index contributed by atoms with van der Waals surface area (Å²) in [6.45, 7) is 14.2. The Hall–Kier alpha value is 0. The minimum atomic E-state index is 0.879. The molecule has 0 N–H and O–H groups in total. The maximum Gasteiger partial charge on any atom is -0.0438 e. The quantitative estimate of drug-likeness (QED) is 0.458. The molecule has 0 spiro atoms. The molecule has 3 atom stereocenters. The Labute approximate surface area is 104 Å². The van der Waals surface area contributed by atoms with Crippen LogP contribution >= 0.6 is 0 Å². The molecular weight excluding hydrogens is 192 g/mol. The van der Waals surface area contributed by atoms with Gasteiger partial charge in [0.1, 0.15) is 0 Å². The molecule has 0 saturated heterocycles. The SMILES string of the molecule is CCC(C)CC(C)CC(C)CCCC(C)C. The maximum atomic E-state index is 2.44. The Morgan fingerprint density at radius 2 is 1.25 bits per heavy atom. The van der Waals surface area contributed by atoms with E-state index in [0.29, 0.717) is 0 Å². The molecule has 0 rings (SSSR count). The van der Waals surface area contributed by atoms with Gasteiger partial charge in [0.05, 0.1) is 0 Å². The second-order valence-corrected chi connectivity index (χ2v) is 6.52. The first-order chi connectivity index (χ1) is 7.45. The summed E-state index contributed by atoms with van der Waals surface area (Å²) in [5.41, 5.74) is 0. The lowest BCUT2D eigenvalue weighted by molar-refractivity contribution is 0.321. The molecule has 0 saturated carbocycles. The second kappa shape index (κ2) is 9.07. The van der Waals surface area contributed by atoms with Crippen LogP contribution in [0.2, 0.25) is 0 Å². The largest absolute Gasteiger partial charge is 0.0651 e. The number of hydrogen-bond acceptors (Lipinski definition) is 0. The van der Waals surface area contributed by atoms with Crippen molar-refractivity contribution < 1.29 is 0 Å². The summed E-state index contributed by atoms with van der Waals surface area (Å²) in [7, 11) is 0. The molecule has 0 aliphatic carbocycles. The summed E-state index contributed by atoms with van der Waals surface area (Å²) in [6, 6.07) is 0. The van der Waals surface area contributed by atoms with Crippen LogP contribution in [0.3, 0.4) is 0 Å². The van der Waals surface area contributed by atoms with E-state index in [0.717, 1.165) is 23.7 Å². The Kier molecular flexibility index (Phi) is 9.07. The Morgan fingerprint density at radius 3 is 1.75 bits per heavy atom. The van der Waals surface area contributed by atoms with Crippen molar-refractivity contribution in [2.75, 3.05) is 0 Å². The minimum absolute atomic E-state index is 0.879. The van der Waals surface area contributed by atoms with E-state index in [2.05, 4.69) is 41.5 Å². The van der Waals surface area contributed by atoms with Crippen molar-refractivity contribution in [3.63, 3.8) is 0 Å². The fourth-order valence-corrected chi connectivity index (χ4v) is 2.63. The van der Waals surface area contributed by atoms with Gasteiger partial charge in [0.25, 0.3) is 0 Å². The number of hydrogen-bond donors (Lipinski definition) is 0. The maximum absolute atomic E-state index is 2.44. The molecule has 16 heavy (non-hydrogen) atoms. The van der Waals surface area contributed by atoms with Crippen molar-refractivity contribution in [1.29, 1.82) is 0 Å². The molecule has 0 heterocycles. The van der Waals surface area contributed by atoms with Gasteiger partial charge in [0.15, 0.2) is 0 Å². The molecule has 3 unspecified atom stereocenters. The van der Waals surface area contributed by atoms with Crippen LogP contribution in [0.1, 0.15) is 80.1 Å². The highest BCUT2D eigenvalue weighted by Crippen LogP contribution is 2.24. The van der Waals surface area contributed by atoms with Crippen molar-refractivity contribution in [1.82, 2.24) is 0 Å². The molecule has 0 aliphatic rings. The van der Waals surface area contributed by atoms with Crippen LogP contribution in [0.25, 0.3) is 0 Å². The Balaban J connectivity index is 3.57. The predicted octanol–water partition coefficient (Wildman–Crippen LogP) is 5.91. The zero-order valence-corrected chi connectivity index (χ0v) is 12.6. The van der Waals surface area contributed by atoms with Crippen LogP contribution in [-0.2, 0) is 0 Å². The molecule has 0 aromatic carbocycles. The first-order valence-corrected chi connectivity index (χ1v) is 7.45. The first-order valence-electron chi connectivity index (χ1n) is 7.45. The summed E-state index contributed by atoms with van der Waals surface area (Å²) in [5.74, 6) is 3.64. The topological polar surface area (TPSA) is 0 Å². The van der Waals surface area contributed by atoms with Gasteiger partial charge < -0.3 is 0 Å². The van der Waals surface area contributed by atoms with Gasteiger partial charge in [-0.25, -0.2) is 0 Å². The molecule has 98 valence electrons. The van der Waals surface area contributed by atoms with E-state index in [1.54, 1.807) is 0 Å². The van der Waals surface area contributed by atoms with Crippen LogP contribution < -0.4 is 0 Å². The summed E-state index contributed by atoms with van der Waals surface area (Å²) >= 11 is 0. The normalized spacial score (nSPS) is 17.4. The molecule has 0 amide bonds. The van der Waals surface area contributed by atoms with E-state index < -0.39 is 0 Å². The lowest BCUT2D eigenvalue weighted by atomic mass is 9.86. The van der Waals surface area contributed by atoms with E-state index in [1.165, 1.54) is 38.5 Å². The van der Waals surface area contributed by atoms with Crippen molar-refractivity contribution in [2.24, 2.45) is 23.7 Å². The molecule has 0 aromatic rings. The number of rotatable bonds is 9. The third-order valence-corrected chi connectivity index (χ3v) is 3.78. The summed E-state index contributed by atoms with van der Waals surface area (Å²) in [5, 5.41) is 0. The van der Waals surface area contributed by atoms with Crippen molar-refractivity contribution in [3.8, 4) is 0 Å². The van der Waals surface area contributed by atoms with E-state index in [1.807, 2.05) is 0 Å². The lowest BCUT2D eigenvalue weighted by Gasteiger charge is -2.20. The third kappa shape index (κ3) is 9.24. The highest BCUT2D eigenvalue weighted by Gasteiger charge is 2.11. The highest BCUT2D eigenvalue weighted by atomic mass is 14.2. The summed E-state index contributed by atoms with van der Waals surface area (Å²) in [6.07, 6.45) is 8.46. The van der Waals surface area contributed by atoms with Crippen LogP contribution in [0.5, 0.6) is 0 Å². The third-order valence-electron chi connectivity index (χ3n) is 3.78. The van der Waals surface area contributed by atoms with E-state index >= 15 is 0 Å². The van der Waals surface area contributed by atoms with Gasteiger partial charge in [-0.3, -0.25) is 0 Å². The monoisotopic (exact) mass is 226 g/mol. The van der Waals surface area contributed by atoms with Crippen LogP contribution in [0.15, 0.2) is 0 Å². The van der Waals surface area contributed by atoms with Gasteiger partial charge in [0.2, 0.25) is 0 Å². The second-order valence-electron chi connectivity index (χ2n) is 6.52. The van der Waals surface area contributed by atoms with Crippen LogP contribution in [0.4, 0.5) is 0 Å². The van der Waals surface area contributed by atoms with Crippen molar-refractivity contribution >= 4 is 0 Å². The standard InChI is InChI=1S/C16H34/c1-7-14(4)11-16(6)12-15(5)10-8-9-13(2)3/h13-16H,7-12H2,1-6H3. The van der Waals surface area contributed by atoms with E-state index in [9.17, 15) is 0 Å². The predicted molar refractivity (Wildman–Crippen MR) is 75.7 cm³/mol. The molecular formula is C16H34. The van der Waals surface area contributed by atoms with Crippen LogP contribution in [-0.4, -0.2) is 0 Å². The van der Waals surface area contributed by atoms with E-state index in [-0.39, 0.29) is 0 Å². The molecule has 0 aliphatic heterocycles. The van der Waals surface area contributed by atoms with Gasteiger partial charge >= 0.3 is 0 Å². The Bertz CT molecular complexity index is 148. The highest BCUT2D eigenvalue weighted by molar-refractivity contribution is 4.63. The zero-order chi connectivity index (χ0) is 12.6. The van der Waals surface area contributed by atoms with Gasteiger partial charge in [-0.15, -0.1) is 0 Å². The molecule has 0 radical (unpaired) electrons. The molecule has 0 nitrogen and oxygen atoms in total. The lowest BCUT2D eigenvalue weighted by Crippen LogP contribution is -2.07. The van der Waals surface area contributed by atoms with Crippen molar-refractivity contribution in [2.45, 2.75) is 80.1 Å². The average Bonchev–Trinajstić information content (AvgIpc) is 2.16. The summed E-state index contributed by atoms with van der Waals surface area (Å²) in [4.78, 5) is 0. The van der Waals surface area contributed by atoms with Gasteiger partial charge in [0, 0.05) is 0 Å². The molecule has 0 bridgehead atoms. The average molecular weight is 226 g/mol. The zero-order valence-electron chi connectivity index (χ0n) is 12.6. The van der Waals surface area contributed by atoms with Gasteiger partial charge in [-0.05, 0) is 36.5 Å². The van der Waals surface area contributed by atoms with E-state index in [4.69, 9.17) is 0 Å². The smallest absolute Gasteiger partial charge is 0.0438 e. The van der Waals surface area contributed by atoms with Gasteiger partial charge in [-0.1, -0.05) is 67.2 Å². The minimum Gasteiger partial charge on any atom is -0.0651 e. The molecule has 0 aromatic heterocycles. The first kappa shape index (κ1) is 16.0. The Morgan fingerprint density at radius 1 is 0.688 bits per heavy atom. The fourth-order valence-electron chi connectivity index (χ4n) is 2.63.